The van der Waals surface area contributed by atoms with Gasteiger partial charge in [-0.05, 0) is 37.8 Å². The van der Waals surface area contributed by atoms with Crippen molar-refractivity contribution < 1.29 is 0 Å². The molecule has 1 saturated heterocycles. The van der Waals surface area contributed by atoms with Gasteiger partial charge >= 0.3 is 0 Å². The minimum atomic E-state index is 0.597. The van der Waals surface area contributed by atoms with Gasteiger partial charge in [0.05, 0.1) is 0 Å². The third-order valence-corrected chi connectivity index (χ3v) is 4.69. The molecule has 2 fully saturated rings. The summed E-state index contributed by atoms with van der Waals surface area (Å²) in [6.07, 6.45) is 9.75. The van der Waals surface area contributed by atoms with Gasteiger partial charge in [0.1, 0.15) is 5.82 Å². The number of hydrogen-bond acceptors (Lipinski definition) is 3. The molecule has 110 valence electrons. The maximum Gasteiger partial charge on any atom is 0.112 e. The normalized spacial score (nSPS) is 22.8. The van der Waals surface area contributed by atoms with E-state index in [0.717, 1.165) is 19.0 Å². The Hall–Kier alpha value is -1.68. The third-order valence-electron chi connectivity index (χ3n) is 4.69. The van der Waals surface area contributed by atoms with Crippen LogP contribution in [0.2, 0.25) is 0 Å². The van der Waals surface area contributed by atoms with E-state index in [4.69, 9.17) is 0 Å². The van der Waals surface area contributed by atoms with Crippen LogP contribution in [0.4, 0.5) is 0 Å². The van der Waals surface area contributed by atoms with E-state index in [1.165, 1.54) is 42.9 Å². The predicted molar refractivity (Wildman–Crippen MR) is 82.1 cm³/mol. The van der Waals surface area contributed by atoms with E-state index in [1.807, 2.05) is 18.5 Å². The van der Waals surface area contributed by atoms with Crippen LogP contribution < -0.4 is 0 Å². The number of likely N-dealkylation sites (tertiary alicyclic amines) is 1. The molecule has 0 bridgehead atoms. The van der Waals surface area contributed by atoms with E-state index in [2.05, 4.69) is 38.6 Å². The highest BCUT2D eigenvalue weighted by molar-refractivity contribution is 5.15. The molecule has 1 saturated carbocycles. The summed E-state index contributed by atoms with van der Waals surface area (Å²) in [5, 5.41) is 0. The molecule has 1 aliphatic heterocycles. The molecule has 4 heteroatoms. The maximum atomic E-state index is 4.67. The van der Waals surface area contributed by atoms with Crippen molar-refractivity contribution in [1.29, 1.82) is 0 Å². The van der Waals surface area contributed by atoms with Crippen molar-refractivity contribution in [2.75, 3.05) is 13.1 Å². The molecule has 0 radical (unpaired) electrons. The number of rotatable bonds is 4. The maximum absolute atomic E-state index is 4.67. The predicted octanol–water partition coefficient (Wildman–Crippen LogP) is 2.91. The van der Waals surface area contributed by atoms with Gasteiger partial charge in [0.2, 0.25) is 0 Å². The first-order valence-electron chi connectivity index (χ1n) is 7.96. The zero-order valence-corrected chi connectivity index (χ0v) is 12.6. The Labute approximate surface area is 125 Å². The Morgan fingerprint density at radius 3 is 2.90 bits per heavy atom. The highest BCUT2D eigenvalue weighted by atomic mass is 15.2. The summed E-state index contributed by atoms with van der Waals surface area (Å²) in [7, 11) is 0. The minimum Gasteiger partial charge on any atom is -0.328 e. The van der Waals surface area contributed by atoms with Gasteiger partial charge in [-0.15, -0.1) is 0 Å². The lowest BCUT2D eigenvalue weighted by Crippen LogP contribution is -2.22. The van der Waals surface area contributed by atoms with Crippen molar-refractivity contribution in [3.63, 3.8) is 0 Å². The Bertz CT molecular complexity index is 615. The van der Waals surface area contributed by atoms with Crippen LogP contribution in [0.3, 0.4) is 0 Å². The molecule has 1 atom stereocenters. The van der Waals surface area contributed by atoms with Crippen molar-refractivity contribution in [2.45, 2.75) is 44.7 Å². The molecule has 1 aliphatic carbocycles. The van der Waals surface area contributed by atoms with Gasteiger partial charge in [0.15, 0.2) is 0 Å². The third kappa shape index (κ3) is 2.60. The lowest BCUT2D eigenvalue weighted by atomic mass is 10.2. The van der Waals surface area contributed by atoms with E-state index in [-0.39, 0.29) is 0 Å². The molecule has 3 heterocycles. The van der Waals surface area contributed by atoms with Crippen LogP contribution in [0, 0.1) is 6.92 Å². The summed E-state index contributed by atoms with van der Waals surface area (Å²) in [6.45, 7) is 5.51. The molecular formula is C17H22N4. The fraction of sp³-hybridized carbons (Fsp3) is 0.529. The van der Waals surface area contributed by atoms with Gasteiger partial charge in [0.25, 0.3) is 0 Å². The second-order valence-electron chi connectivity index (χ2n) is 6.44. The zero-order valence-electron chi connectivity index (χ0n) is 12.6. The number of hydrogen-bond donors (Lipinski definition) is 0. The van der Waals surface area contributed by atoms with Crippen LogP contribution in [0.1, 0.15) is 48.3 Å². The van der Waals surface area contributed by atoms with E-state index in [0.29, 0.717) is 6.04 Å². The fourth-order valence-electron chi connectivity index (χ4n) is 3.50. The molecule has 0 N–H and O–H groups in total. The largest absolute Gasteiger partial charge is 0.328 e. The zero-order chi connectivity index (χ0) is 14.2. The van der Waals surface area contributed by atoms with Crippen LogP contribution >= 0.6 is 0 Å². The number of aromatic nitrogens is 3. The molecular weight excluding hydrogens is 260 g/mol. The van der Waals surface area contributed by atoms with Gasteiger partial charge < -0.3 is 4.57 Å². The smallest absolute Gasteiger partial charge is 0.112 e. The van der Waals surface area contributed by atoms with Gasteiger partial charge in [-0.25, -0.2) is 4.98 Å². The summed E-state index contributed by atoms with van der Waals surface area (Å²) < 4.78 is 2.51. The summed E-state index contributed by atoms with van der Waals surface area (Å²) in [6, 6.07) is 4.78. The summed E-state index contributed by atoms with van der Waals surface area (Å²) in [5.74, 6) is 2.06. The molecule has 2 aromatic heterocycles. The Morgan fingerprint density at radius 1 is 1.24 bits per heavy atom. The Kier molecular flexibility index (Phi) is 3.26. The number of nitrogens with zero attached hydrogens (tertiary/aromatic N) is 4. The average Bonchev–Trinajstić information content (AvgIpc) is 3.13. The summed E-state index contributed by atoms with van der Waals surface area (Å²) in [4.78, 5) is 11.4. The first kappa shape index (κ1) is 13.0. The quantitative estimate of drug-likeness (QED) is 0.864. The topological polar surface area (TPSA) is 34.0 Å². The van der Waals surface area contributed by atoms with Crippen molar-refractivity contribution in [3.8, 4) is 0 Å². The SMILES string of the molecule is Cc1cnc(C2CC2)n1C1CCN(Cc2cccnc2)C1. The van der Waals surface area contributed by atoms with Gasteiger partial charge in [-0.1, -0.05) is 6.07 Å². The molecule has 4 nitrogen and oxygen atoms in total. The first-order valence-corrected chi connectivity index (χ1v) is 7.96. The number of imidazole rings is 1. The van der Waals surface area contributed by atoms with Crippen LogP contribution in [0.15, 0.2) is 30.7 Å². The monoisotopic (exact) mass is 282 g/mol. The number of aryl methyl sites for hydroxylation is 1. The van der Waals surface area contributed by atoms with E-state index < -0.39 is 0 Å². The second-order valence-corrected chi connectivity index (χ2v) is 6.44. The highest BCUT2D eigenvalue weighted by Gasteiger charge is 2.33. The van der Waals surface area contributed by atoms with Crippen molar-refractivity contribution >= 4 is 0 Å². The molecule has 2 aliphatic rings. The van der Waals surface area contributed by atoms with Crippen LogP contribution in [-0.2, 0) is 6.54 Å². The molecule has 0 amide bonds. The molecule has 0 aromatic carbocycles. The molecule has 21 heavy (non-hydrogen) atoms. The summed E-state index contributed by atoms with van der Waals surface area (Å²) >= 11 is 0. The lowest BCUT2D eigenvalue weighted by Gasteiger charge is -2.19. The average molecular weight is 282 g/mol. The fourth-order valence-corrected chi connectivity index (χ4v) is 3.50. The Morgan fingerprint density at radius 2 is 2.14 bits per heavy atom. The van der Waals surface area contributed by atoms with Gasteiger partial charge in [-0.2, -0.15) is 0 Å². The summed E-state index contributed by atoms with van der Waals surface area (Å²) in [5.41, 5.74) is 2.63. The molecule has 2 aromatic rings. The van der Waals surface area contributed by atoms with E-state index >= 15 is 0 Å². The Balaban J connectivity index is 1.48. The van der Waals surface area contributed by atoms with Crippen LogP contribution in [0.25, 0.3) is 0 Å². The second kappa shape index (κ2) is 5.26. The van der Waals surface area contributed by atoms with Gasteiger partial charge in [0, 0.05) is 55.9 Å². The van der Waals surface area contributed by atoms with Crippen molar-refractivity contribution in [1.82, 2.24) is 19.4 Å². The molecule has 0 spiro atoms. The van der Waals surface area contributed by atoms with E-state index in [1.54, 1.807) is 0 Å². The van der Waals surface area contributed by atoms with Crippen LogP contribution in [0.5, 0.6) is 0 Å². The highest BCUT2D eigenvalue weighted by Crippen LogP contribution is 2.41. The first-order chi connectivity index (χ1) is 10.3. The standard InChI is InChI=1S/C17H22N4/c1-13-9-19-17(15-4-5-15)21(13)16-6-8-20(12-16)11-14-3-2-7-18-10-14/h2-3,7,9-10,15-16H,4-6,8,11-12H2,1H3. The number of pyridine rings is 1. The van der Waals surface area contributed by atoms with E-state index in [9.17, 15) is 0 Å². The van der Waals surface area contributed by atoms with Gasteiger partial charge in [-0.3, -0.25) is 9.88 Å². The minimum absolute atomic E-state index is 0.597. The van der Waals surface area contributed by atoms with Crippen molar-refractivity contribution in [3.05, 3.63) is 47.8 Å². The molecule has 4 rings (SSSR count). The van der Waals surface area contributed by atoms with Crippen molar-refractivity contribution in [2.24, 2.45) is 0 Å². The van der Waals surface area contributed by atoms with Crippen LogP contribution in [-0.4, -0.2) is 32.5 Å². The lowest BCUT2D eigenvalue weighted by molar-refractivity contribution is 0.314. The molecule has 1 unspecified atom stereocenters.